The monoisotopic (exact) mass is 410 g/mol. The average Bonchev–Trinajstić information content (AvgIpc) is 2.99. The maximum Gasteiger partial charge on any atom is 0.306 e. The van der Waals surface area contributed by atoms with Gasteiger partial charge in [-0.25, -0.2) is 0 Å². The van der Waals surface area contributed by atoms with Crippen LogP contribution in [0.1, 0.15) is 40.5 Å². The largest absolute Gasteiger partial charge is 0.495 e. The van der Waals surface area contributed by atoms with Crippen LogP contribution in [0.5, 0.6) is 5.75 Å². The Morgan fingerprint density at radius 1 is 1.00 bits per heavy atom. The molecule has 0 spiro atoms. The van der Waals surface area contributed by atoms with Crippen LogP contribution < -0.4 is 10.1 Å². The van der Waals surface area contributed by atoms with Gasteiger partial charge in [-0.2, -0.15) is 0 Å². The van der Waals surface area contributed by atoms with E-state index in [1.54, 1.807) is 48.5 Å². The van der Waals surface area contributed by atoms with Crippen molar-refractivity contribution in [1.29, 1.82) is 0 Å². The van der Waals surface area contributed by atoms with Gasteiger partial charge in [-0.05, 0) is 37.6 Å². The fourth-order valence-electron chi connectivity index (χ4n) is 3.12. The molecule has 156 valence electrons. The van der Waals surface area contributed by atoms with E-state index in [0.717, 1.165) is 4.90 Å². The zero-order valence-electron chi connectivity index (χ0n) is 16.7. The molecule has 0 aliphatic carbocycles. The summed E-state index contributed by atoms with van der Waals surface area (Å²) in [7, 11) is 1.49. The molecule has 3 amide bonds. The van der Waals surface area contributed by atoms with E-state index in [2.05, 4.69) is 5.32 Å². The summed E-state index contributed by atoms with van der Waals surface area (Å²) in [6.07, 6.45) is -0.799. The molecule has 0 saturated carbocycles. The lowest BCUT2D eigenvalue weighted by molar-refractivity contribution is -0.153. The molecule has 0 bridgehead atoms. The van der Waals surface area contributed by atoms with Crippen molar-refractivity contribution >= 4 is 29.4 Å². The molecular weight excluding hydrogens is 388 g/mol. The van der Waals surface area contributed by atoms with E-state index in [1.807, 2.05) is 0 Å². The van der Waals surface area contributed by atoms with Gasteiger partial charge in [-0.15, -0.1) is 0 Å². The molecule has 0 saturated heterocycles. The van der Waals surface area contributed by atoms with Crippen LogP contribution in [-0.4, -0.2) is 48.3 Å². The molecule has 8 heteroatoms. The molecule has 1 heterocycles. The lowest BCUT2D eigenvalue weighted by Crippen LogP contribution is -2.32. The maximum absolute atomic E-state index is 12.3. The molecule has 3 rings (SSSR count). The van der Waals surface area contributed by atoms with Crippen LogP contribution in [0.3, 0.4) is 0 Å². The van der Waals surface area contributed by atoms with Crippen LogP contribution in [0.15, 0.2) is 48.5 Å². The number of carbonyl (C=O) groups excluding carboxylic acids is 4. The number of esters is 1. The molecule has 30 heavy (non-hydrogen) atoms. The minimum atomic E-state index is -1.01. The quantitative estimate of drug-likeness (QED) is 0.530. The Morgan fingerprint density at radius 2 is 1.60 bits per heavy atom. The van der Waals surface area contributed by atoms with Crippen molar-refractivity contribution in [3.63, 3.8) is 0 Å². The fourth-order valence-corrected chi connectivity index (χ4v) is 3.12. The Bertz CT molecular complexity index is 952. The number of methoxy groups -OCH3 is 1. The Kier molecular flexibility index (Phi) is 6.46. The number of para-hydroxylation sites is 2. The Labute approximate surface area is 173 Å². The molecule has 0 radical (unpaired) electrons. The van der Waals surface area contributed by atoms with Gasteiger partial charge < -0.3 is 14.8 Å². The number of fused-ring (bicyclic) bond motifs is 1. The third-order valence-electron chi connectivity index (χ3n) is 4.68. The first-order chi connectivity index (χ1) is 14.4. The summed E-state index contributed by atoms with van der Waals surface area (Å²) in [5, 5.41) is 2.65. The highest BCUT2D eigenvalue weighted by Gasteiger charge is 2.34. The number of anilines is 1. The maximum atomic E-state index is 12.3. The topological polar surface area (TPSA) is 102 Å². The summed E-state index contributed by atoms with van der Waals surface area (Å²) < 4.78 is 10.3. The molecular formula is C22H22N2O6. The number of benzene rings is 2. The first kappa shape index (κ1) is 21.0. The Balaban J connectivity index is 1.46. The van der Waals surface area contributed by atoms with Crippen LogP contribution in [0.4, 0.5) is 5.69 Å². The number of hydrogen-bond donors (Lipinski definition) is 1. The van der Waals surface area contributed by atoms with Crippen molar-refractivity contribution in [3.05, 3.63) is 59.7 Å². The van der Waals surface area contributed by atoms with Crippen molar-refractivity contribution in [1.82, 2.24) is 4.90 Å². The van der Waals surface area contributed by atoms with Gasteiger partial charge >= 0.3 is 5.97 Å². The molecule has 0 aromatic heterocycles. The normalized spacial score (nSPS) is 13.6. The summed E-state index contributed by atoms with van der Waals surface area (Å²) in [6.45, 7) is 1.57. The highest BCUT2D eigenvalue weighted by molar-refractivity contribution is 6.21. The van der Waals surface area contributed by atoms with Crippen LogP contribution >= 0.6 is 0 Å². The second-order valence-corrected chi connectivity index (χ2v) is 6.73. The number of ether oxygens (including phenoxy) is 2. The highest BCUT2D eigenvalue weighted by Crippen LogP contribution is 2.24. The molecule has 0 fully saturated rings. The Hall–Kier alpha value is -3.68. The number of imide groups is 1. The molecule has 1 aliphatic heterocycles. The second-order valence-electron chi connectivity index (χ2n) is 6.73. The summed E-state index contributed by atoms with van der Waals surface area (Å²) in [6, 6.07) is 13.5. The summed E-state index contributed by atoms with van der Waals surface area (Å²) >= 11 is 0. The lowest BCUT2D eigenvalue weighted by Gasteiger charge is -2.16. The van der Waals surface area contributed by atoms with Crippen LogP contribution in [0, 0.1) is 0 Å². The summed E-state index contributed by atoms with van der Waals surface area (Å²) in [5.74, 6) is -1.32. The standard InChI is InChI=1S/C22H22N2O6/c1-14(20(26)23-17-10-5-6-11-18(17)29-2)30-19(25)12-7-13-24-21(27)15-8-3-4-9-16(15)22(24)28/h3-6,8-11,14H,7,12-13H2,1-2H3,(H,23,26)/t14-/m0/s1. The minimum Gasteiger partial charge on any atom is -0.495 e. The molecule has 1 N–H and O–H groups in total. The zero-order chi connectivity index (χ0) is 21.7. The first-order valence-electron chi connectivity index (χ1n) is 9.51. The van der Waals surface area contributed by atoms with Gasteiger partial charge in [0, 0.05) is 13.0 Å². The molecule has 0 unspecified atom stereocenters. The van der Waals surface area contributed by atoms with Gasteiger partial charge in [0.05, 0.1) is 23.9 Å². The van der Waals surface area contributed by atoms with Gasteiger partial charge in [-0.3, -0.25) is 24.1 Å². The third kappa shape index (κ3) is 4.48. The van der Waals surface area contributed by atoms with E-state index in [0.29, 0.717) is 22.6 Å². The van der Waals surface area contributed by atoms with Crippen molar-refractivity contribution in [2.45, 2.75) is 25.9 Å². The van der Waals surface area contributed by atoms with E-state index in [4.69, 9.17) is 9.47 Å². The average molecular weight is 410 g/mol. The van der Waals surface area contributed by atoms with Crippen LogP contribution in [0.2, 0.25) is 0 Å². The highest BCUT2D eigenvalue weighted by atomic mass is 16.5. The van der Waals surface area contributed by atoms with Gasteiger partial charge in [-0.1, -0.05) is 24.3 Å². The molecule has 1 atom stereocenters. The van der Waals surface area contributed by atoms with Gasteiger partial charge in [0.1, 0.15) is 5.75 Å². The third-order valence-corrected chi connectivity index (χ3v) is 4.68. The second kappa shape index (κ2) is 9.21. The van der Waals surface area contributed by atoms with E-state index in [1.165, 1.54) is 14.0 Å². The molecule has 8 nitrogen and oxygen atoms in total. The Morgan fingerprint density at radius 3 is 2.23 bits per heavy atom. The summed E-state index contributed by atoms with van der Waals surface area (Å²) in [4.78, 5) is 50.1. The number of nitrogens with zero attached hydrogens (tertiary/aromatic N) is 1. The number of rotatable bonds is 8. The molecule has 1 aliphatic rings. The van der Waals surface area contributed by atoms with Crippen LogP contribution in [0.25, 0.3) is 0 Å². The SMILES string of the molecule is COc1ccccc1NC(=O)[C@H](C)OC(=O)CCCN1C(=O)c2ccccc2C1=O. The number of nitrogens with one attached hydrogen (secondary N) is 1. The molecule has 2 aromatic rings. The van der Waals surface area contributed by atoms with Crippen molar-refractivity contribution in [3.8, 4) is 5.75 Å². The van der Waals surface area contributed by atoms with Crippen molar-refractivity contribution in [2.75, 3.05) is 19.0 Å². The van der Waals surface area contributed by atoms with E-state index < -0.39 is 18.0 Å². The lowest BCUT2D eigenvalue weighted by atomic mass is 10.1. The first-order valence-corrected chi connectivity index (χ1v) is 9.51. The number of carbonyl (C=O) groups is 4. The predicted octanol–water partition coefficient (Wildman–Crippen LogP) is 2.64. The van der Waals surface area contributed by atoms with Crippen LogP contribution in [-0.2, 0) is 14.3 Å². The predicted molar refractivity (Wildman–Crippen MR) is 108 cm³/mol. The van der Waals surface area contributed by atoms with Gasteiger partial charge in [0.25, 0.3) is 17.7 Å². The van der Waals surface area contributed by atoms with E-state index in [9.17, 15) is 19.2 Å². The fraction of sp³-hybridized carbons (Fsp3) is 0.273. The van der Waals surface area contributed by atoms with E-state index in [-0.39, 0.29) is 31.2 Å². The van der Waals surface area contributed by atoms with Crippen molar-refractivity contribution < 1.29 is 28.7 Å². The summed E-state index contributed by atoms with van der Waals surface area (Å²) in [5.41, 5.74) is 1.21. The minimum absolute atomic E-state index is 0.0281. The van der Waals surface area contributed by atoms with Crippen molar-refractivity contribution in [2.24, 2.45) is 0 Å². The molecule has 2 aromatic carbocycles. The van der Waals surface area contributed by atoms with Gasteiger partial charge in [0.2, 0.25) is 0 Å². The smallest absolute Gasteiger partial charge is 0.306 e. The number of hydrogen-bond acceptors (Lipinski definition) is 6. The number of amides is 3. The van der Waals surface area contributed by atoms with E-state index >= 15 is 0 Å². The van der Waals surface area contributed by atoms with Gasteiger partial charge in [0.15, 0.2) is 6.10 Å². The zero-order valence-corrected chi connectivity index (χ0v) is 16.7.